The molecule has 3 aromatic carbocycles. The van der Waals surface area contributed by atoms with Crippen molar-refractivity contribution in [2.45, 2.75) is 11.2 Å². The molecule has 5 rings (SSSR count). The van der Waals surface area contributed by atoms with Crippen molar-refractivity contribution in [2.75, 3.05) is 43.7 Å². The van der Waals surface area contributed by atoms with Gasteiger partial charge in [0.2, 0.25) is 0 Å². The minimum atomic E-state index is -0.408. The first-order chi connectivity index (χ1) is 15.7. The Labute approximate surface area is 196 Å². The van der Waals surface area contributed by atoms with E-state index in [2.05, 4.69) is 22.6 Å². The number of benzene rings is 3. The molecule has 6 nitrogen and oxygen atoms in total. The summed E-state index contributed by atoms with van der Waals surface area (Å²) in [4.78, 5) is 1.19. The number of hydrogen-bond acceptors (Lipinski definition) is 7. The molecule has 0 atom stereocenters. The number of fused-ring (bicyclic) bond motifs is 2. The smallest absolute Gasteiger partial charge is 0.183 e. The van der Waals surface area contributed by atoms with Crippen LogP contribution in [0.2, 0.25) is 5.02 Å². The summed E-state index contributed by atoms with van der Waals surface area (Å²) in [6.45, 7) is 1.12. The van der Waals surface area contributed by atoms with Crippen LogP contribution in [-0.2, 0) is 9.47 Å². The molecule has 32 heavy (non-hydrogen) atoms. The lowest BCUT2D eigenvalue weighted by atomic mass is 10.0. The Morgan fingerprint density at radius 2 is 1.81 bits per heavy atom. The predicted octanol–water partition coefficient (Wildman–Crippen LogP) is 5.97. The summed E-state index contributed by atoms with van der Waals surface area (Å²) >= 11 is 8.61. The van der Waals surface area contributed by atoms with E-state index in [1.165, 1.54) is 4.90 Å². The van der Waals surface area contributed by atoms with Crippen LogP contribution in [0.3, 0.4) is 0 Å². The van der Waals surface area contributed by atoms with Crippen molar-refractivity contribution in [3.63, 3.8) is 0 Å². The molecule has 0 radical (unpaired) electrons. The Balaban J connectivity index is 1.43. The molecule has 1 N–H and O–H groups in total. The van der Waals surface area contributed by atoms with E-state index in [9.17, 15) is 0 Å². The zero-order chi connectivity index (χ0) is 22.1. The van der Waals surface area contributed by atoms with Crippen LogP contribution in [-0.4, -0.2) is 33.3 Å². The quantitative estimate of drug-likeness (QED) is 0.445. The van der Waals surface area contributed by atoms with Crippen molar-refractivity contribution in [3.8, 4) is 22.6 Å². The molecular formula is C24H23ClN2O4S. The Kier molecular flexibility index (Phi) is 6.06. The topological polar surface area (TPSA) is 52.2 Å². The maximum absolute atomic E-state index is 6.85. The molecule has 2 aliphatic rings. The maximum atomic E-state index is 6.85. The molecule has 2 aliphatic heterocycles. The minimum Gasteiger partial charge on any atom is -0.486 e. The van der Waals surface area contributed by atoms with Gasteiger partial charge in [0.15, 0.2) is 17.8 Å². The number of ether oxygens (including phenoxy) is 4. The zero-order valence-electron chi connectivity index (χ0n) is 17.8. The molecule has 0 unspecified atom stereocenters. The van der Waals surface area contributed by atoms with Crippen molar-refractivity contribution in [2.24, 2.45) is 0 Å². The van der Waals surface area contributed by atoms with Gasteiger partial charge in [0, 0.05) is 30.2 Å². The fourth-order valence-corrected chi connectivity index (χ4v) is 5.11. The minimum absolute atomic E-state index is 0.408. The van der Waals surface area contributed by atoms with E-state index in [1.54, 1.807) is 26.0 Å². The molecule has 2 heterocycles. The van der Waals surface area contributed by atoms with Crippen LogP contribution in [0, 0.1) is 0 Å². The van der Waals surface area contributed by atoms with Crippen LogP contribution >= 0.6 is 23.4 Å². The summed E-state index contributed by atoms with van der Waals surface area (Å²) in [6, 6.07) is 18.1. The molecule has 0 bridgehead atoms. The van der Waals surface area contributed by atoms with Crippen molar-refractivity contribution in [3.05, 3.63) is 65.2 Å². The highest BCUT2D eigenvalue weighted by Gasteiger charge is 2.23. The summed E-state index contributed by atoms with van der Waals surface area (Å²) in [7, 11) is 3.27. The summed E-state index contributed by atoms with van der Waals surface area (Å²) in [6.07, 6.45) is -0.408. The largest absolute Gasteiger partial charge is 0.486 e. The molecule has 0 spiro atoms. The third kappa shape index (κ3) is 3.97. The summed E-state index contributed by atoms with van der Waals surface area (Å²) in [5.74, 6) is 2.26. The number of thioether (sulfide) groups is 1. The Bertz CT molecular complexity index is 1140. The van der Waals surface area contributed by atoms with Gasteiger partial charge in [-0.2, -0.15) is 0 Å². The first-order valence-corrected chi connectivity index (χ1v) is 11.6. The number of methoxy groups -OCH3 is 2. The first-order valence-electron chi connectivity index (χ1n) is 10.2. The van der Waals surface area contributed by atoms with Crippen molar-refractivity contribution < 1.29 is 18.9 Å². The average molecular weight is 471 g/mol. The highest BCUT2D eigenvalue weighted by molar-refractivity contribution is 7.99. The summed E-state index contributed by atoms with van der Waals surface area (Å²) in [5, 5.41) is 2.73. The van der Waals surface area contributed by atoms with E-state index in [4.69, 9.17) is 30.5 Å². The van der Waals surface area contributed by atoms with Gasteiger partial charge in [-0.15, -0.1) is 11.8 Å². The monoisotopic (exact) mass is 470 g/mol. The lowest BCUT2D eigenvalue weighted by Gasteiger charge is -2.24. The number of rotatable bonds is 6. The second kappa shape index (κ2) is 9.11. The lowest BCUT2D eigenvalue weighted by Crippen LogP contribution is -2.26. The highest BCUT2D eigenvalue weighted by Crippen LogP contribution is 2.43. The number of anilines is 2. The fraction of sp³-hybridized carbons (Fsp3) is 0.250. The molecule has 0 fully saturated rings. The average Bonchev–Trinajstić information content (AvgIpc) is 3.23. The van der Waals surface area contributed by atoms with Gasteiger partial charge in [-0.3, -0.25) is 10.4 Å². The van der Waals surface area contributed by atoms with Crippen molar-refractivity contribution in [1.82, 2.24) is 0 Å². The van der Waals surface area contributed by atoms with Crippen molar-refractivity contribution >= 4 is 34.7 Å². The van der Waals surface area contributed by atoms with Crippen molar-refractivity contribution in [1.29, 1.82) is 0 Å². The predicted molar refractivity (Wildman–Crippen MR) is 128 cm³/mol. The number of nitrogens with one attached hydrogen (secondary N) is 1. The molecule has 0 saturated heterocycles. The highest BCUT2D eigenvalue weighted by atomic mass is 35.5. The van der Waals surface area contributed by atoms with Gasteiger partial charge >= 0.3 is 0 Å². The Hall–Kier alpha value is -2.58. The second-order valence-corrected chi connectivity index (χ2v) is 8.73. The summed E-state index contributed by atoms with van der Waals surface area (Å²) < 4.78 is 22.2. The maximum Gasteiger partial charge on any atom is 0.183 e. The molecule has 3 aromatic rings. The standard InChI is InChI=1S/C24H23ClN2O4S/c1-28-24(29-2)16-7-9-22-19(12-16)27(14-32-22)26-18-5-3-4-17(23(18)25)15-6-8-20-21(13-15)31-11-10-30-20/h3-9,12-13,24,26H,10-11,14H2,1-2H3. The van der Waals surface area contributed by atoms with Crippen LogP contribution in [0.1, 0.15) is 11.9 Å². The third-order valence-electron chi connectivity index (χ3n) is 5.43. The number of hydrogen-bond donors (Lipinski definition) is 1. The second-order valence-electron chi connectivity index (χ2n) is 7.37. The molecule has 0 saturated carbocycles. The molecule has 0 amide bonds. The van der Waals surface area contributed by atoms with E-state index in [0.29, 0.717) is 18.2 Å². The van der Waals surface area contributed by atoms with E-state index < -0.39 is 6.29 Å². The summed E-state index contributed by atoms with van der Waals surface area (Å²) in [5.41, 5.74) is 8.23. The number of halogens is 1. The Morgan fingerprint density at radius 3 is 2.62 bits per heavy atom. The van der Waals surface area contributed by atoms with E-state index >= 15 is 0 Å². The van der Waals surface area contributed by atoms with Crippen LogP contribution in [0.4, 0.5) is 11.4 Å². The fourth-order valence-electron chi connectivity index (χ4n) is 3.88. The molecule has 0 aliphatic carbocycles. The molecule has 0 aromatic heterocycles. The van der Waals surface area contributed by atoms with Crippen LogP contribution in [0.25, 0.3) is 11.1 Å². The molecule has 8 heteroatoms. The Morgan fingerprint density at radius 1 is 1.00 bits per heavy atom. The van der Waals surface area contributed by atoms with Crippen LogP contribution in [0.15, 0.2) is 59.5 Å². The SMILES string of the molecule is COC(OC)c1ccc2c(c1)N(Nc1cccc(-c3ccc4c(c3)OCCO4)c1Cl)CS2. The zero-order valence-corrected chi connectivity index (χ0v) is 19.3. The van der Waals surface area contributed by atoms with E-state index in [1.807, 2.05) is 42.5 Å². The molecular weight excluding hydrogens is 448 g/mol. The lowest BCUT2D eigenvalue weighted by molar-refractivity contribution is -0.106. The normalized spacial score (nSPS) is 14.6. The first kappa shape index (κ1) is 21.3. The van der Waals surface area contributed by atoms with Gasteiger partial charge in [0.1, 0.15) is 13.2 Å². The van der Waals surface area contributed by atoms with Gasteiger partial charge < -0.3 is 18.9 Å². The van der Waals surface area contributed by atoms with E-state index in [-0.39, 0.29) is 0 Å². The van der Waals surface area contributed by atoms with Crippen LogP contribution < -0.4 is 19.9 Å². The van der Waals surface area contributed by atoms with E-state index in [0.717, 1.165) is 45.4 Å². The van der Waals surface area contributed by atoms with Crippen LogP contribution in [0.5, 0.6) is 11.5 Å². The van der Waals surface area contributed by atoms with Gasteiger partial charge in [0.25, 0.3) is 0 Å². The van der Waals surface area contributed by atoms with Gasteiger partial charge in [-0.1, -0.05) is 35.9 Å². The van der Waals surface area contributed by atoms with Gasteiger partial charge in [-0.25, -0.2) is 0 Å². The van der Waals surface area contributed by atoms with Gasteiger partial charge in [0.05, 0.1) is 22.3 Å². The third-order valence-corrected chi connectivity index (χ3v) is 6.88. The number of nitrogens with zero attached hydrogens (tertiary/aromatic N) is 1. The molecule has 166 valence electrons. The van der Waals surface area contributed by atoms with Gasteiger partial charge in [-0.05, 0) is 35.9 Å². The number of hydrazine groups is 1.